The Balaban J connectivity index is 1.40. The summed E-state index contributed by atoms with van der Waals surface area (Å²) in [6, 6.07) is 13.1. The molecule has 3 aromatic rings. The number of carbonyl (C=O) groups excluding carboxylic acids is 5. The van der Waals surface area contributed by atoms with E-state index in [-0.39, 0.29) is 43.6 Å². The van der Waals surface area contributed by atoms with Gasteiger partial charge in [-0.2, -0.15) is 0 Å². The van der Waals surface area contributed by atoms with Gasteiger partial charge in [-0.15, -0.1) is 0 Å². The van der Waals surface area contributed by atoms with E-state index in [0.717, 1.165) is 0 Å². The van der Waals surface area contributed by atoms with Crippen LogP contribution in [0.5, 0.6) is 0 Å². The van der Waals surface area contributed by atoms with Gasteiger partial charge in [0.2, 0.25) is 0 Å². The number of aromatic nitrogens is 1. The van der Waals surface area contributed by atoms with Crippen molar-refractivity contribution in [1.29, 1.82) is 0 Å². The Hall–Kier alpha value is -4.67. The van der Waals surface area contributed by atoms with Crippen LogP contribution in [0, 0.1) is 0 Å². The van der Waals surface area contributed by atoms with Crippen LogP contribution < -0.4 is 10.6 Å². The normalized spacial score (nSPS) is 15.1. The SMILES string of the molecule is CCOC(=O)CCNC(=O)Nc1cccc2c(C(=O)C(=O)N3CCN(C(=O)c4ccccc4)CC3C)c[nH]c12. The van der Waals surface area contributed by atoms with Crippen molar-refractivity contribution in [2.24, 2.45) is 0 Å². The average molecular weight is 534 g/mol. The van der Waals surface area contributed by atoms with Crippen molar-refractivity contribution in [3.8, 4) is 0 Å². The van der Waals surface area contributed by atoms with Gasteiger partial charge in [0.1, 0.15) is 0 Å². The molecule has 1 saturated heterocycles. The summed E-state index contributed by atoms with van der Waals surface area (Å²) in [5.74, 6) is -1.84. The first-order valence-corrected chi connectivity index (χ1v) is 12.8. The number of aromatic amines is 1. The fraction of sp³-hybridized carbons (Fsp3) is 0.321. The van der Waals surface area contributed by atoms with E-state index in [1.54, 1.807) is 54.3 Å². The molecular weight excluding hydrogens is 502 g/mol. The first-order valence-electron chi connectivity index (χ1n) is 12.8. The predicted octanol–water partition coefficient (Wildman–Crippen LogP) is 2.80. The Morgan fingerprint density at radius 2 is 1.79 bits per heavy atom. The number of anilines is 1. The van der Waals surface area contributed by atoms with Gasteiger partial charge in [-0.1, -0.05) is 30.3 Å². The molecule has 0 bridgehead atoms. The lowest BCUT2D eigenvalue weighted by molar-refractivity contribution is -0.142. The summed E-state index contributed by atoms with van der Waals surface area (Å²) >= 11 is 0. The highest BCUT2D eigenvalue weighted by atomic mass is 16.5. The number of Topliss-reactive ketones (excluding diaryl/α,β-unsaturated/α-hetero) is 1. The molecule has 4 rings (SSSR count). The summed E-state index contributed by atoms with van der Waals surface area (Å²) in [6.07, 6.45) is 1.50. The molecule has 0 spiro atoms. The van der Waals surface area contributed by atoms with E-state index < -0.39 is 23.7 Å². The van der Waals surface area contributed by atoms with Gasteiger partial charge in [-0.25, -0.2) is 4.79 Å². The second-order valence-electron chi connectivity index (χ2n) is 9.16. The van der Waals surface area contributed by atoms with Crippen LogP contribution in [-0.4, -0.2) is 83.2 Å². The quantitative estimate of drug-likeness (QED) is 0.231. The van der Waals surface area contributed by atoms with Gasteiger partial charge < -0.3 is 30.2 Å². The molecule has 1 unspecified atom stereocenters. The number of ether oxygens (including phenoxy) is 1. The third-order valence-corrected chi connectivity index (χ3v) is 6.52. The molecule has 2 aromatic carbocycles. The maximum absolute atomic E-state index is 13.3. The van der Waals surface area contributed by atoms with Crippen LogP contribution in [0.25, 0.3) is 10.9 Å². The summed E-state index contributed by atoms with van der Waals surface area (Å²) in [6.45, 7) is 4.78. The Kier molecular flexibility index (Phi) is 8.60. The number of H-pyrrole nitrogens is 1. The van der Waals surface area contributed by atoms with E-state index in [1.165, 1.54) is 11.1 Å². The van der Waals surface area contributed by atoms with Crippen molar-refractivity contribution in [1.82, 2.24) is 20.1 Å². The molecule has 0 saturated carbocycles. The Morgan fingerprint density at radius 1 is 1.03 bits per heavy atom. The van der Waals surface area contributed by atoms with Crippen LogP contribution >= 0.6 is 0 Å². The predicted molar refractivity (Wildman–Crippen MR) is 144 cm³/mol. The Morgan fingerprint density at radius 3 is 2.51 bits per heavy atom. The molecule has 1 fully saturated rings. The highest BCUT2D eigenvalue weighted by Crippen LogP contribution is 2.26. The summed E-state index contributed by atoms with van der Waals surface area (Å²) < 4.78 is 4.83. The maximum atomic E-state index is 13.3. The molecule has 0 radical (unpaired) electrons. The third-order valence-electron chi connectivity index (χ3n) is 6.52. The zero-order valence-electron chi connectivity index (χ0n) is 21.9. The van der Waals surface area contributed by atoms with E-state index >= 15 is 0 Å². The number of para-hydroxylation sites is 1. The molecule has 1 atom stereocenters. The summed E-state index contributed by atoms with van der Waals surface area (Å²) in [7, 11) is 0. The average Bonchev–Trinajstić information content (AvgIpc) is 3.37. The topological polar surface area (TPSA) is 141 Å². The van der Waals surface area contributed by atoms with E-state index in [1.807, 2.05) is 13.0 Å². The molecule has 11 heteroatoms. The Labute approximate surface area is 225 Å². The van der Waals surface area contributed by atoms with Crippen LogP contribution in [0.4, 0.5) is 10.5 Å². The number of amides is 4. The van der Waals surface area contributed by atoms with Crippen LogP contribution in [0.2, 0.25) is 0 Å². The fourth-order valence-corrected chi connectivity index (χ4v) is 4.58. The number of urea groups is 1. The monoisotopic (exact) mass is 533 g/mol. The molecule has 4 amide bonds. The number of hydrogen-bond acceptors (Lipinski definition) is 6. The third kappa shape index (κ3) is 6.25. The Bertz CT molecular complexity index is 1390. The standard InChI is InChI=1S/C28H31N5O6/c1-3-39-23(34)12-13-29-28(38)31-22-11-7-10-20-21(16-30-24(20)22)25(35)27(37)33-15-14-32(17-18(33)2)26(36)19-8-5-4-6-9-19/h4-11,16,18,30H,3,12-15,17H2,1-2H3,(H2,29,31,38). The number of carbonyl (C=O) groups is 5. The van der Waals surface area contributed by atoms with Gasteiger partial charge in [0.15, 0.2) is 0 Å². The van der Waals surface area contributed by atoms with Crippen molar-refractivity contribution < 1.29 is 28.7 Å². The van der Waals surface area contributed by atoms with Gasteiger partial charge in [0, 0.05) is 49.4 Å². The van der Waals surface area contributed by atoms with Gasteiger partial charge in [0.05, 0.1) is 29.8 Å². The lowest BCUT2D eigenvalue weighted by atomic mass is 10.1. The minimum Gasteiger partial charge on any atom is -0.466 e. The molecule has 2 heterocycles. The second kappa shape index (κ2) is 12.2. The largest absolute Gasteiger partial charge is 0.466 e. The van der Waals surface area contributed by atoms with Crippen LogP contribution in [0.1, 0.15) is 41.0 Å². The van der Waals surface area contributed by atoms with Gasteiger partial charge in [-0.3, -0.25) is 19.2 Å². The molecule has 3 N–H and O–H groups in total. The van der Waals surface area contributed by atoms with E-state index in [9.17, 15) is 24.0 Å². The first kappa shape index (κ1) is 27.4. The van der Waals surface area contributed by atoms with Gasteiger partial charge in [-0.05, 0) is 32.0 Å². The lowest BCUT2D eigenvalue weighted by Gasteiger charge is -2.39. The van der Waals surface area contributed by atoms with E-state index in [2.05, 4.69) is 15.6 Å². The van der Waals surface area contributed by atoms with Crippen molar-refractivity contribution >= 4 is 46.2 Å². The molecule has 39 heavy (non-hydrogen) atoms. The number of hydrogen-bond donors (Lipinski definition) is 3. The van der Waals surface area contributed by atoms with Crippen molar-refractivity contribution in [2.45, 2.75) is 26.3 Å². The lowest BCUT2D eigenvalue weighted by Crippen LogP contribution is -2.56. The molecule has 11 nitrogen and oxygen atoms in total. The number of nitrogens with one attached hydrogen (secondary N) is 3. The second-order valence-corrected chi connectivity index (χ2v) is 9.16. The summed E-state index contributed by atoms with van der Waals surface area (Å²) in [5.41, 5.74) is 1.67. The summed E-state index contributed by atoms with van der Waals surface area (Å²) in [5, 5.41) is 5.77. The number of piperazine rings is 1. The highest BCUT2D eigenvalue weighted by Gasteiger charge is 2.34. The number of benzene rings is 2. The van der Waals surface area contributed by atoms with Crippen LogP contribution in [0.3, 0.4) is 0 Å². The van der Waals surface area contributed by atoms with E-state index in [0.29, 0.717) is 35.2 Å². The molecule has 0 aliphatic carbocycles. The highest BCUT2D eigenvalue weighted by molar-refractivity contribution is 6.45. The minimum absolute atomic E-state index is 0.0435. The number of esters is 1. The van der Waals surface area contributed by atoms with Crippen molar-refractivity contribution in [3.05, 3.63) is 65.9 Å². The molecule has 1 aliphatic rings. The number of rotatable bonds is 8. The van der Waals surface area contributed by atoms with E-state index in [4.69, 9.17) is 4.74 Å². The molecule has 1 aliphatic heterocycles. The van der Waals surface area contributed by atoms with Crippen molar-refractivity contribution in [3.63, 3.8) is 0 Å². The maximum Gasteiger partial charge on any atom is 0.319 e. The summed E-state index contributed by atoms with van der Waals surface area (Å²) in [4.78, 5) is 69.2. The number of ketones is 1. The van der Waals surface area contributed by atoms with Crippen LogP contribution in [0.15, 0.2) is 54.7 Å². The smallest absolute Gasteiger partial charge is 0.319 e. The number of nitrogens with zero attached hydrogens (tertiary/aromatic N) is 2. The zero-order chi connectivity index (χ0) is 27.9. The molecular formula is C28H31N5O6. The fourth-order valence-electron chi connectivity index (χ4n) is 4.58. The van der Waals surface area contributed by atoms with Crippen LogP contribution in [-0.2, 0) is 14.3 Å². The first-order chi connectivity index (χ1) is 18.8. The molecule has 1 aromatic heterocycles. The zero-order valence-corrected chi connectivity index (χ0v) is 21.9. The van der Waals surface area contributed by atoms with Crippen molar-refractivity contribution in [2.75, 3.05) is 38.1 Å². The van der Waals surface area contributed by atoms with Gasteiger partial charge in [0.25, 0.3) is 17.6 Å². The molecule has 204 valence electrons. The number of fused-ring (bicyclic) bond motifs is 1. The minimum atomic E-state index is -0.674. The van der Waals surface area contributed by atoms with Gasteiger partial charge >= 0.3 is 12.0 Å².